The van der Waals surface area contributed by atoms with Crippen LogP contribution in [-0.4, -0.2) is 30.2 Å². The van der Waals surface area contributed by atoms with Crippen LogP contribution >= 0.6 is 0 Å². The second kappa shape index (κ2) is 5.45. The van der Waals surface area contributed by atoms with Gasteiger partial charge in [0.25, 0.3) is 0 Å². The Labute approximate surface area is 96.6 Å². The molecule has 0 aliphatic heterocycles. The van der Waals surface area contributed by atoms with Gasteiger partial charge in [-0.25, -0.2) is 8.42 Å². The monoisotopic (exact) mass is 245 g/mol. The minimum absolute atomic E-state index is 0.0173. The predicted octanol–water partition coefficient (Wildman–Crippen LogP) is 0.728. The topological polar surface area (TPSA) is 78.0 Å². The van der Waals surface area contributed by atoms with E-state index in [4.69, 9.17) is 5.73 Å². The Morgan fingerprint density at radius 3 is 2.81 bits per heavy atom. The summed E-state index contributed by atoms with van der Waals surface area (Å²) in [4.78, 5) is 0. The zero-order valence-electron chi connectivity index (χ0n) is 9.76. The fourth-order valence-electron chi connectivity index (χ4n) is 1.42. The van der Waals surface area contributed by atoms with Crippen molar-refractivity contribution < 1.29 is 8.42 Å². The molecular weight excluding hydrogens is 226 g/mol. The Morgan fingerprint density at radius 2 is 2.25 bits per heavy atom. The summed E-state index contributed by atoms with van der Waals surface area (Å²) in [6, 6.07) is 0.0173. The van der Waals surface area contributed by atoms with Gasteiger partial charge in [-0.15, -0.1) is 0 Å². The number of hydrogen-bond acceptors (Lipinski definition) is 4. The van der Waals surface area contributed by atoms with Crippen molar-refractivity contribution in [1.29, 1.82) is 0 Å². The highest BCUT2D eigenvalue weighted by Gasteiger charge is 2.07. The molecule has 1 atom stereocenters. The summed E-state index contributed by atoms with van der Waals surface area (Å²) < 4.78 is 23.6. The van der Waals surface area contributed by atoms with Gasteiger partial charge in [-0.05, 0) is 12.8 Å². The van der Waals surface area contributed by atoms with Crippen LogP contribution in [0.4, 0.5) is 0 Å². The van der Waals surface area contributed by atoms with Gasteiger partial charge in [0, 0.05) is 30.6 Å². The van der Waals surface area contributed by atoms with Crippen LogP contribution < -0.4 is 5.73 Å². The lowest BCUT2D eigenvalue weighted by Crippen LogP contribution is -2.09. The van der Waals surface area contributed by atoms with Gasteiger partial charge < -0.3 is 5.73 Å². The van der Waals surface area contributed by atoms with E-state index in [9.17, 15) is 8.42 Å². The lowest BCUT2D eigenvalue weighted by molar-refractivity contribution is 0.575. The molecular formula is C10H19N3O2S. The number of aromatic nitrogens is 2. The van der Waals surface area contributed by atoms with E-state index in [-0.39, 0.29) is 11.8 Å². The average Bonchev–Trinajstić information content (AvgIpc) is 2.63. The first-order chi connectivity index (χ1) is 7.42. The van der Waals surface area contributed by atoms with E-state index in [2.05, 4.69) is 5.10 Å². The SMILES string of the molecule is CCC(N)c1cnn(CCCS(C)(=O)=O)c1. The predicted molar refractivity (Wildman–Crippen MR) is 63.8 cm³/mol. The van der Waals surface area contributed by atoms with Crippen LogP contribution in [0.15, 0.2) is 12.4 Å². The molecule has 1 aromatic rings. The minimum Gasteiger partial charge on any atom is -0.324 e. The van der Waals surface area contributed by atoms with Crippen molar-refractivity contribution in [3.63, 3.8) is 0 Å². The Bertz CT molecular complexity index is 425. The summed E-state index contributed by atoms with van der Waals surface area (Å²) in [5.74, 6) is 0.196. The van der Waals surface area contributed by atoms with Crippen LogP contribution in [0.1, 0.15) is 31.4 Å². The maximum atomic E-state index is 10.9. The number of aryl methyl sites for hydroxylation is 1. The minimum atomic E-state index is -2.87. The number of rotatable bonds is 6. The third-order valence-corrected chi connectivity index (χ3v) is 3.45. The van der Waals surface area contributed by atoms with E-state index in [1.807, 2.05) is 13.1 Å². The van der Waals surface area contributed by atoms with Crippen molar-refractivity contribution in [2.24, 2.45) is 5.73 Å². The van der Waals surface area contributed by atoms with Crippen molar-refractivity contribution in [3.8, 4) is 0 Å². The number of sulfone groups is 1. The number of hydrogen-bond donors (Lipinski definition) is 1. The van der Waals surface area contributed by atoms with Crippen molar-refractivity contribution in [3.05, 3.63) is 18.0 Å². The molecule has 2 N–H and O–H groups in total. The molecule has 5 nitrogen and oxygen atoms in total. The Hall–Kier alpha value is -0.880. The third kappa shape index (κ3) is 4.32. The molecule has 0 radical (unpaired) electrons. The molecule has 0 aliphatic carbocycles. The number of nitrogens with zero attached hydrogens (tertiary/aromatic N) is 2. The van der Waals surface area contributed by atoms with Crippen LogP contribution in [0.25, 0.3) is 0 Å². The molecule has 0 aromatic carbocycles. The maximum absolute atomic E-state index is 10.9. The van der Waals surface area contributed by atoms with Gasteiger partial charge in [-0.3, -0.25) is 4.68 Å². The van der Waals surface area contributed by atoms with E-state index in [1.165, 1.54) is 6.26 Å². The lowest BCUT2D eigenvalue weighted by Gasteiger charge is -2.04. The van der Waals surface area contributed by atoms with Gasteiger partial charge in [0.15, 0.2) is 0 Å². The molecule has 16 heavy (non-hydrogen) atoms. The molecule has 0 amide bonds. The van der Waals surface area contributed by atoms with Crippen LogP contribution in [0, 0.1) is 0 Å². The van der Waals surface area contributed by atoms with E-state index in [1.54, 1.807) is 10.9 Å². The van der Waals surface area contributed by atoms with Gasteiger partial charge in [0.1, 0.15) is 9.84 Å². The summed E-state index contributed by atoms with van der Waals surface area (Å²) >= 11 is 0. The van der Waals surface area contributed by atoms with Crippen LogP contribution in [0.3, 0.4) is 0 Å². The molecule has 1 unspecified atom stereocenters. The summed E-state index contributed by atoms with van der Waals surface area (Å²) in [7, 11) is -2.87. The summed E-state index contributed by atoms with van der Waals surface area (Å²) in [6.07, 6.45) is 6.33. The smallest absolute Gasteiger partial charge is 0.147 e. The largest absolute Gasteiger partial charge is 0.324 e. The average molecular weight is 245 g/mol. The summed E-state index contributed by atoms with van der Waals surface area (Å²) in [5.41, 5.74) is 6.86. The number of nitrogens with two attached hydrogens (primary N) is 1. The van der Waals surface area contributed by atoms with E-state index in [0.717, 1.165) is 12.0 Å². The first-order valence-electron chi connectivity index (χ1n) is 5.38. The Kier molecular flexibility index (Phi) is 4.49. The highest BCUT2D eigenvalue weighted by atomic mass is 32.2. The standard InChI is InChI=1S/C10H19N3O2S/c1-3-10(11)9-7-12-13(8-9)5-4-6-16(2,14)15/h7-8,10H,3-6,11H2,1-2H3. The Morgan fingerprint density at radius 1 is 1.56 bits per heavy atom. The maximum Gasteiger partial charge on any atom is 0.147 e. The van der Waals surface area contributed by atoms with Crippen molar-refractivity contribution in [2.75, 3.05) is 12.0 Å². The first kappa shape index (κ1) is 13.2. The quantitative estimate of drug-likeness (QED) is 0.801. The van der Waals surface area contributed by atoms with Crippen molar-refractivity contribution in [2.45, 2.75) is 32.4 Å². The Balaban J connectivity index is 2.47. The second-order valence-corrected chi connectivity index (χ2v) is 6.29. The highest BCUT2D eigenvalue weighted by molar-refractivity contribution is 7.90. The molecule has 6 heteroatoms. The molecule has 92 valence electrons. The van der Waals surface area contributed by atoms with Crippen molar-refractivity contribution in [1.82, 2.24) is 9.78 Å². The molecule has 1 aromatic heterocycles. The highest BCUT2D eigenvalue weighted by Crippen LogP contribution is 2.12. The first-order valence-corrected chi connectivity index (χ1v) is 7.44. The zero-order valence-corrected chi connectivity index (χ0v) is 10.6. The van der Waals surface area contributed by atoms with Crippen LogP contribution in [0.2, 0.25) is 0 Å². The molecule has 0 bridgehead atoms. The van der Waals surface area contributed by atoms with Crippen LogP contribution in [0.5, 0.6) is 0 Å². The zero-order chi connectivity index (χ0) is 12.2. The summed E-state index contributed by atoms with van der Waals surface area (Å²) in [6.45, 7) is 2.63. The molecule has 0 saturated heterocycles. The van der Waals surface area contributed by atoms with Gasteiger partial charge >= 0.3 is 0 Å². The second-order valence-electron chi connectivity index (χ2n) is 4.03. The van der Waals surface area contributed by atoms with Gasteiger partial charge in [0.05, 0.1) is 11.9 Å². The van der Waals surface area contributed by atoms with Gasteiger partial charge in [0.2, 0.25) is 0 Å². The fraction of sp³-hybridized carbons (Fsp3) is 0.700. The van der Waals surface area contributed by atoms with Crippen molar-refractivity contribution >= 4 is 9.84 Å². The van der Waals surface area contributed by atoms with Gasteiger partial charge in [-0.2, -0.15) is 5.10 Å². The normalized spacial score (nSPS) is 13.9. The third-order valence-electron chi connectivity index (χ3n) is 2.42. The molecule has 0 spiro atoms. The molecule has 0 aliphatic rings. The molecule has 1 rings (SSSR count). The molecule has 0 saturated carbocycles. The fourth-order valence-corrected chi connectivity index (χ4v) is 2.07. The lowest BCUT2D eigenvalue weighted by atomic mass is 10.1. The van der Waals surface area contributed by atoms with E-state index < -0.39 is 9.84 Å². The molecule has 1 heterocycles. The summed E-state index contributed by atoms with van der Waals surface area (Å²) in [5, 5.41) is 4.15. The van der Waals surface area contributed by atoms with Crippen LogP contribution in [-0.2, 0) is 16.4 Å². The molecule has 0 fully saturated rings. The van der Waals surface area contributed by atoms with Gasteiger partial charge in [-0.1, -0.05) is 6.92 Å². The van der Waals surface area contributed by atoms with E-state index in [0.29, 0.717) is 13.0 Å². The van der Waals surface area contributed by atoms with E-state index >= 15 is 0 Å².